The van der Waals surface area contributed by atoms with E-state index in [2.05, 4.69) is 50.4 Å². The number of hydrogen-bond acceptors (Lipinski definition) is 1. The summed E-state index contributed by atoms with van der Waals surface area (Å²) in [6.45, 7) is 6.68. The van der Waals surface area contributed by atoms with Gasteiger partial charge in [0.05, 0.1) is 0 Å². The Labute approximate surface area is 92.9 Å². The maximum atomic E-state index is 6.10. The maximum Gasteiger partial charge on any atom is 0.245 e. The summed E-state index contributed by atoms with van der Waals surface area (Å²) in [5.74, 6) is 1.10. The highest BCUT2D eigenvalue weighted by molar-refractivity contribution is 6.72. The second kappa shape index (κ2) is 3.85. The average Bonchev–Trinajstić information content (AvgIpc) is 2.17. The molecule has 0 amide bonds. The van der Waals surface area contributed by atoms with Crippen molar-refractivity contribution in [2.45, 2.75) is 32.5 Å². The normalized spacial score (nSPS) is 19.3. The number of hydrogen-bond donors (Lipinski definition) is 0. The van der Waals surface area contributed by atoms with Gasteiger partial charge in [-0.2, -0.15) is 0 Å². The van der Waals surface area contributed by atoms with Gasteiger partial charge in [-0.1, -0.05) is 29.8 Å². The Morgan fingerprint density at radius 3 is 2.40 bits per heavy atom. The SMILES string of the molecule is Cc1ccc(C2=CCC[Si](C)(C)O2)cc1. The first-order valence-electron chi connectivity index (χ1n) is 5.53. The minimum atomic E-state index is -1.42. The van der Waals surface area contributed by atoms with Gasteiger partial charge in [0.2, 0.25) is 8.32 Å². The van der Waals surface area contributed by atoms with Crippen LogP contribution in [0.5, 0.6) is 0 Å². The summed E-state index contributed by atoms with van der Waals surface area (Å²) in [7, 11) is -1.42. The lowest BCUT2D eigenvalue weighted by Crippen LogP contribution is -2.31. The predicted molar refractivity (Wildman–Crippen MR) is 67.1 cm³/mol. The molecule has 0 bridgehead atoms. The molecule has 1 heterocycles. The maximum absolute atomic E-state index is 6.10. The van der Waals surface area contributed by atoms with Gasteiger partial charge in [0.1, 0.15) is 5.76 Å². The van der Waals surface area contributed by atoms with E-state index in [0.717, 1.165) is 5.76 Å². The van der Waals surface area contributed by atoms with E-state index in [0.29, 0.717) is 0 Å². The lowest BCUT2D eigenvalue weighted by atomic mass is 10.1. The van der Waals surface area contributed by atoms with Gasteiger partial charge < -0.3 is 4.43 Å². The summed E-state index contributed by atoms with van der Waals surface area (Å²) in [6, 6.07) is 9.82. The van der Waals surface area contributed by atoms with Gasteiger partial charge in [0.25, 0.3) is 0 Å². The van der Waals surface area contributed by atoms with Crippen LogP contribution < -0.4 is 0 Å². The van der Waals surface area contributed by atoms with Crippen LogP contribution in [-0.2, 0) is 4.43 Å². The molecule has 0 atom stereocenters. The summed E-state index contributed by atoms with van der Waals surface area (Å²) < 4.78 is 6.10. The molecule has 0 radical (unpaired) electrons. The first-order chi connectivity index (χ1) is 7.07. The van der Waals surface area contributed by atoms with E-state index in [-0.39, 0.29) is 0 Å². The van der Waals surface area contributed by atoms with Gasteiger partial charge in [0, 0.05) is 5.56 Å². The van der Waals surface area contributed by atoms with Crippen LogP contribution in [0.1, 0.15) is 17.5 Å². The Balaban J connectivity index is 2.24. The molecule has 0 aliphatic carbocycles. The Morgan fingerprint density at radius 2 is 1.80 bits per heavy atom. The van der Waals surface area contributed by atoms with Gasteiger partial charge in [-0.25, -0.2) is 0 Å². The fourth-order valence-electron chi connectivity index (χ4n) is 1.84. The van der Waals surface area contributed by atoms with E-state index in [9.17, 15) is 0 Å². The second-order valence-corrected chi connectivity index (χ2v) is 9.06. The summed E-state index contributed by atoms with van der Waals surface area (Å²) in [5.41, 5.74) is 2.52. The van der Waals surface area contributed by atoms with E-state index in [1.54, 1.807) is 0 Å². The summed E-state index contributed by atoms with van der Waals surface area (Å²) in [4.78, 5) is 0. The molecule has 0 saturated carbocycles. The van der Waals surface area contributed by atoms with Crippen molar-refractivity contribution in [1.82, 2.24) is 0 Å². The number of benzene rings is 1. The van der Waals surface area contributed by atoms with Crippen molar-refractivity contribution in [2.24, 2.45) is 0 Å². The Morgan fingerprint density at radius 1 is 1.13 bits per heavy atom. The van der Waals surface area contributed by atoms with Crippen molar-refractivity contribution in [1.29, 1.82) is 0 Å². The van der Waals surface area contributed by atoms with Crippen LogP contribution in [0, 0.1) is 6.92 Å². The highest BCUT2D eigenvalue weighted by Crippen LogP contribution is 2.30. The lowest BCUT2D eigenvalue weighted by Gasteiger charge is -2.29. The monoisotopic (exact) mass is 218 g/mol. The molecular formula is C13H18OSi. The summed E-state index contributed by atoms with van der Waals surface area (Å²) >= 11 is 0. The van der Waals surface area contributed by atoms with Crippen LogP contribution in [0.4, 0.5) is 0 Å². The van der Waals surface area contributed by atoms with Crippen LogP contribution in [0.15, 0.2) is 30.3 Å². The third-order valence-electron chi connectivity index (χ3n) is 2.80. The zero-order valence-electron chi connectivity index (χ0n) is 9.71. The van der Waals surface area contributed by atoms with Crippen molar-refractivity contribution in [3.05, 3.63) is 41.5 Å². The molecule has 1 aromatic carbocycles. The topological polar surface area (TPSA) is 9.23 Å². The smallest absolute Gasteiger partial charge is 0.245 e. The second-order valence-electron chi connectivity index (χ2n) is 4.83. The third-order valence-corrected chi connectivity index (χ3v) is 5.06. The Kier molecular flexibility index (Phi) is 2.70. The van der Waals surface area contributed by atoms with Crippen LogP contribution >= 0.6 is 0 Å². The van der Waals surface area contributed by atoms with Crippen molar-refractivity contribution in [3.8, 4) is 0 Å². The molecule has 2 rings (SSSR count). The van der Waals surface area contributed by atoms with Crippen LogP contribution in [0.3, 0.4) is 0 Å². The molecule has 1 aromatic rings. The van der Waals surface area contributed by atoms with Crippen LogP contribution in [-0.4, -0.2) is 8.32 Å². The van der Waals surface area contributed by atoms with Crippen molar-refractivity contribution in [3.63, 3.8) is 0 Å². The minimum Gasteiger partial charge on any atom is -0.544 e. The standard InChI is InChI=1S/C13H18OSi/c1-11-6-8-12(9-7-11)13-5-4-10-15(2,3)14-13/h5-9H,4,10H2,1-3H3. The van der Waals surface area contributed by atoms with Crippen molar-refractivity contribution in [2.75, 3.05) is 0 Å². The number of allylic oxidation sites excluding steroid dienone is 1. The largest absolute Gasteiger partial charge is 0.544 e. The van der Waals surface area contributed by atoms with Gasteiger partial charge in [-0.15, -0.1) is 0 Å². The first-order valence-corrected chi connectivity index (χ1v) is 8.65. The summed E-state index contributed by atoms with van der Waals surface area (Å²) in [6.07, 6.45) is 3.39. The molecule has 15 heavy (non-hydrogen) atoms. The van der Waals surface area contributed by atoms with Crippen molar-refractivity contribution >= 4 is 14.1 Å². The van der Waals surface area contributed by atoms with E-state index in [4.69, 9.17) is 4.43 Å². The third kappa shape index (κ3) is 2.51. The molecule has 0 N–H and O–H groups in total. The van der Waals surface area contributed by atoms with Crippen LogP contribution in [0.2, 0.25) is 19.1 Å². The van der Waals surface area contributed by atoms with Gasteiger partial charge in [0.15, 0.2) is 0 Å². The number of rotatable bonds is 1. The number of aryl methyl sites for hydroxylation is 1. The van der Waals surface area contributed by atoms with Crippen molar-refractivity contribution < 1.29 is 4.43 Å². The molecule has 0 aromatic heterocycles. The zero-order chi connectivity index (χ0) is 10.9. The fraction of sp³-hybridized carbons (Fsp3) is 0.385. The van der Waals surface area contributed by atoms with E-state index < -0.39 is 8.32 Å². The van der Waals surface area contributed by atoms with E-state index >= 15 is 0 Å². The Hall–Kier alpha value is -1.02. The zero-order valence-corrected chi connectivity index (χ0v) is 10.7. The predicted octanol–water partition coefficient (Wildman–Crippen LogP) is 3.96. The summed E-state index contributed by atoms with van der Waals surface area (Å²) in [5, 5.41) is 0. The highest BCUT2D eigenvalue weighted by atomic mass is 28.4. The molecular weight excluding hydrogens is 200 g/mol. The molecule has 1 aliphatic rings. The molecule has 80 valence electrons. The van der Waals surface area contributed by atoms with Crippen LogP contribution in [0.25, 0.3) is 5.76 Å². The van der Waals surface area contributed by atoms with Gasteiger partial charge >= 0.3 is 0 Å². The first kappa shape index (κ1) is 10.5. The van der Waals surface area contributed by atoms with Gasteiger partial charge in [-0.05, 0) is 38.6 Å². The van der Waals surface area contributed by atoms with Gasteiger partial charge in [-0.3, -0.25) is 0 Å². The minimum absolute atomic E-state index is 1.10. The molecule has 0 unspecified atom stereocenters. The van der Waals surface area contributed by atoms with E-state index in [1.807, 2.05) is 0 Å². The highest BCUT2D eigenvalue weighted by Gasteiger charge is 2.27. The molecule has 0 spiro atoms. The average molecular weight is 218 g/mol. The molecule has 1 aliphatic heterocycles. The fourth-order valence-corrected chi connectivity index (χ4v) is 3.57. The lowest BCUT2D eigenvalue weighted by molar-refractivity contribution is 0.491. The molecule has 0 saturated heterocycles. The molecule has 2 heteroatoms. The Bertz CT molecular complexity index is 376. The van der Waals surface area contributed by atoms with E-state index in [1.165, 1.54) is 23.6 Å². The molecule has 1 nitrogen and oxygen atoms in total. The quantitative estimate of drug-likeness (QED) is 0.648. The molecule has 0 fully saturated rings.